The van der Waals surface area contributed by atoms with E-state index in [0.29, 0.717) is 29.4 Å². The number of carbonyl (C=O) groups is 4. The van der Waals surface area contributed by atoms with Crippen molar-refractivity contribution in [2.24, 2.45) is 0 Å². The Balaban J connectivity index is 0.920. The van der Waals surface area contributed by atoms with Gasteiger partial charge in [-0.05, 0) is 95.4 Å². The number of hydrogen-bond donors (Lipinski definition) is 4. The maximum Gasteiger partial charge on any atom is 0.256 e. The first-order chi connectivity index (χ1) is 25.6. The molecule has 5 aromatic rings. The van der Waals surface area contributed by atoms with E-state index in [-0.39, 0.29) is 30.6 Å². The highest BCUT2D eigenvalue weighted by atomic mass is 16.2. The summed E-state index contributed by atoms with van der Waals surface area (Å²) in [7, 11) is 2.15. The third-order valence-electron chi connectivity index (χ3n) is 10.4. The van der Waals surface area contributed by atoms with Gasteiger partial charge >= 0.3 is 0 Å². The number of fused-ring (bicyclic) bond motifs is 2. The normalized spacial score (nSPS) is 17.5. The minimum absolute atomic E-state index is 0.198. The molecule has 7 rings (SSSR count). The smallest absolute Gasteiger partial charge is 0.256 e. The highest BCUT2D eigenvalue weighted by Crippen LogP contribution is 2.32. The molecule has 3 aromatic heterocycles. The van der Waals surface area contributed by atoms with Gasteiger partial charge < -0.3 is 15.6 Å². The van der Waals surface area contributed by atoms with Gasteiger partial charge in [0.05, 0.1) is 16.7 Å². The van der Waals surface area contributed by atoms with Gasteiger partial charge in [-0.1, -0.05) is 30.4 Å². The van der Waals surface area contributed by atoms with Gasteiger partial charge in [0.1, 0.15) is 11.9 Å². The van der Waals surface area contributed by atoms with Crippen LogP contribution >= 0.6 is 0 Å². The van der Waals surface area contributed by atoms with E-state index in [9.17, 15) is 19.2 Å². The first kappa shape index (κ1) is 35.6. The third kappa shape index (κ3) is 7.85. The van der Waals surface area contributed by atoms with Crippen LogP contribution in [0.4, 0.5) is 5.82 Å². The molecule has 0 radical (unpaired) electrons. The summed E-state index contributed by atoms with van der Waals surface area (Å²) in [5, 5.41) is 14.8. The van der Waals surface area contributed by atoms with Gasteiger partial charge in [0.25, 0.3) is 11.8 Å². The Hall–Kier alpha value is -5.80. The fourth-order valence-electron chi connectivity index (χ4n) is 7.33. The van der Waals surface area contributed by atoms with Crippen molar-refractivity contribution in [1.82, 2.24) is 35.3 Å². The summed E-state index contributed by atoms with van der Waals surface area (Å²) >= 11 is 0. The Morgan fingerprint density at radius 3 is 2.70 bits per heavy atom. The fourth-order valence-corrected chi connectivity index (χ4v) is 7.33. The number of H-pyrrole nitrogens is 1. The van der Waals surface area contributed by atoms with E-state index in [1.165, 1.54) is 12.1 Å². The lowest BCUT2D eigenvalue weighted by Gasteiger charge is -2.22. The number of amides is 4. The maximum atomic E-state index is 13.4. The second-order valence-corrected chi connectivity index (χ2v) is 14.1. The van der Waals surface area contributed by atoms with Crippen LogP contribution < -0.4 is 16.0 Å². The lowest BCUT2D eigenvalue weighted by atomic mass is 10.0. The number of unbranched alkanes of at least 4 members (excludes halogenated alkanes) is 3. The van der Waals surface area contributed by atoms with Crippen molar-refractivity contribution in [3.63, 3.8) is 0 Å². The number of anilines is 1. The Labute approximate surface area is 308 Å². The molecule has 272 valence electrons. The molecular weight excluding hydrogens is 669 g/mol. The van der Waals surface area contributed by atoms with Gasteiger partial charge in [-0.15, -0.1) is 0 Å². The number of hydrogen-bond acceptors (Lipinski definition) is 7. The van der Waals surface area contributed by atoms with E-state index in [2.05, 4.69) is 55.8 Å². The van der Waals surface area contributed by atoms with Crippen molar-refractivity contribution in [3.8, 4) is 11.8 Å². The molecule has 2 aromatic carbocycles. The first-order valence-electron chi connectivity index (χ1n) is 18.3. The van der Waals surface area contributed by atoms with Crippen LogP contribution in [0.5, 0.6) is 0 Å². The second kappa shape index (κ2) is 15.4. The van der Waals surface area contributed by atoms with Crippen molar-refractivity contribution >= 4 is 51.3 Å². The molecule has 2 atom stereocenters. The number of aromatic nitrogens is 4. The molecule has 2 saturated heterocycles. The van der Waals surface area contributed by atoms with Crippen molar-refractivity contribution in [2.75, 3.05) is 18.9 Å². The number of aryl methyl sites for hydroxylation is 2. The van der Waals surface area contributed by atoms with Crippen molar-refractivity contribution < 1.29 is 19.2 Å². The molecular formula is C41H44N8O4. The Morgan fingerprint density at radius 1 is 1.02 bits per heavy atom. The zero-order valence-electron chi connectivity index (χ0n) is 30.3. The van der Waals surface area contributed by atoms with Crippen LogP contribution in [0.2, 0.25) is 0 Å². The van der Waals surface area contributed by atoms with Crippen molar-refractivity contribution in [2.45, 2.75) is 83.8 Å². The van der Waals surface area contributed by atoms with E-state index in [1.807, 2.05) is 48.9 Å². The molecule has 12 heteroatoms. The highest BCUT2D eigenvalue weighted by Gasteiger charge is 2.29. The van der Waals surface area contributed by atoms with Crippen LogP contribution in [0.3, 0.4) is 0 Å². The first-order valence-corrected chi connectivity index (χ1v) is 18.3. The molecule has 1 unspecified atom stereocenters. The molecule has 12 nitrogen and oxygen atoms in total. The SMILES string of the molecule is Cc1c(C#CCCCCCn2nc(C)c3ccc(C(=O)Nc4cc5[nH]c([C@H]6CCCN6C)cc5cn4)cc32)cccc1C(=O)NC1CCC(=O)NC1=O. The molecule has 0 saturated carbocycles. The molecule has 2 aliphatic heterocycles. The summed E-state index contributed by atoms with van der Waals surface area (Å²) in [5.41, 5.74) is 6.50. The lowest BCUT2D eigenvalue weighted by molar-refractivity contribution is -0.134. The largest absolute Gasteiger partial charge is 0.357 e. The van der Waals surface area contributed by atoms with Crippen molar-refractivity contribution in [3.05, 3.63) is 88.4 Å². The molecule has 2 aliphatic rings. The maximum absolute atomic E-state index is 13.4. The number of benzene rings is 2. The number of nitrogens with zero attached hydrogens (tertiary/aromatic N) is 4. The lowest BCUT2D eigenvalue weighted by Crippen LogP contribution is -2.52. The number of aromatic amines is 1. The zero-order valence-corrected chi connectivity index (χ0v) is 30.3. The second-order valence-electron chi connectivity index (χ2n) is 14.1. The van der Waals surface area contributed by atoms with Gasteiger partial charge in [-0.2, -0.15) is 5.10 Å². The summed E-state index contributed by atoms with van der Waals surface area (Å²) in [6.45, 7) is 5.64. The summed E-state index contributed by atoms with van der Waals surface area (Å²) in [6, 6.07) is 14.8. The van der Waals surface area contributed by atoms with Crippen LogP contribution in [-0.2, 0) is 16.1 Å². The molecule has 0 aliphatic carbocycles. The molecule has 0 bridgehead atoms. The number of piperidine rings is 1. The van der Waals surface area contributed by atoms with E-state index < -0.39 is 11.9 Å². The van der Waals surface area contributed by atoms with Crippen LogP contribution in [-0.4, -0.2) is 67.9 Å². The Bertz CT molecular complexity index is 2290. The van der Waals surface area contributed by atoms with Crippen LogP contribution in [0, 0.1) is 25.7 Å². The number of carbonyl (C=O) groups excluding carboxylic acids is 4. The molecule has 4 N–H and O–H groups in total. The average molecular weight is 713 g/mol. The number of imide groups is 1. The standard InChI is InChI=1S/C41H44N8O4/c1-25-27(12-9-13-30(25)40(52)44-32-17-18-38(50)46-41(32)53)11-7-5-4-6-8-20-49-36-22-28(15-16-31(36)26(2)47-49)39(51)45-37-23-33-29(24-42-37)21-34(43-33)35-14-10-19-48(35)3/h9,12-13,15-16,21-24,32,35,43H,4-6,8,10,14,17-20H2,1-3H3,(H,44,52)(H,42,45,51)(H,46,50,53)/t32?,35-/m1/s1. The Morgan fingerprint density at radius 2 is 1.89 bits per heavy atom. The average Bonchev–Trinajstić information content (AvgIpc) is 3.85. The number of likely N-dealkylation sites (tertiary alicyclic amines) is 1. The number of nitrogens with one attached hydrogen (secondary N) is 4. The topological polar surface area (TPSA) is 154 Å². The van der Waals surface area contributed by atoms with Gasteiger partial charge in [-0.3, -0.25) is 34.1 Å². The Kier molecular flexibility index (Phi) is 10.4. The molecule has 4 amide bonds. The number of pyridine rings is 1. The van der Waals surface area contributed by atoms with Crippen molar-refractivity contribution in [1.29, 1.82) is 0 Å². The third-order valence-corrected chi connectivity index (χ3v) is 10.4. The minimum atomic E-state index is -0.730. The minimum Gasteiger partial charge on any atom is -0.357 e. The summed E-state index contributed by atoms with van der Waals surface area (Å²) in [5.74, 6) is 5.56. The van der Waals surface area contributed by atoms with E-state index in [4.69, 9.17) is 5.10 Å². The summed E-state index contributed by atoms with van der Waals surface area (Å²) < 4.78 is 1.98. The quantitative estimate of drug-likeness (QED) is 0.0824. The van der Waals surface area contributed by atoms with Crippen LogP contribution in [0.15, 0.2) is 54.7 Å². The fraction of sp³-hybridized carbons (Fsp3) is 0.366. The van der Waals surface area contributed by atoms with Crippen LogP contribution in [0.1, 0.15) is 101 Å². The van der Waals surface area contributed by atoms with Gasteiger partial charge in [-0.25, -0.2) is 4.98 Å². The molecule has 53 heavy (non-hydrogen) atoms. The molecule has 0 spiro atoms. The van der Waals surface area contributed by atoms with E-state index in [0.717, 1.165) is 77.4 Å². The molecule has 2 fully saturated rings. The van der Waals surface area contributed by atoms with Crippen LogP contribution in [0.25, 0.3) is 21.8 Å². The zero-order chi connectivity index (χ0) is 37.1. The van der Waals surface area contributed by atoms with Gasteiger partial charge in [0, 0.05) is 70.8 Å². The summed E-state index contributed by atoms with van der Waals surface area (Å²) in [4.78, 5) is 60.2. The molecule has 5 heterocycles. The highest BCUT2D eigenvalue weighted by molar-refractivity contribution is 6.06. The van der Waals surface area contributed by atoms with Gasteiger partial charge in [0.2, 0.25) is 11.8 Å². The monoisotopic (exact) mass is 712 g/mol. The van der Waals surface area contributed by atoms with E-state index in [1.54, 1.807) is 18.3 Å². The predicted octanol–water partition coefficient (Wildman–Crippen LogP) is 5.70. The van der Waals surface area contributed by atoms with Gasteiger partial charge in [0.15, 0.2) is 0 Å². The van der Waals surface area contributed by atoms with E-state index >= 15 is 0 Å². The summed E-state index contributed by atoms with van der Waals surface area (Å²) in [6.07, 6.45) is 8.08. The number of rotatable bonds is 10. The predicted molar refractivity (Wildman–Crippen MR) is 203 cm³/mol.